The Hall–Kier alpha value is -1.55. The topological polar surface area (TPSA) is 58.4 Å². The lowest BCUT2D eigenvalue weighted by Crippen LogP contribution is -2.37. The van der Waals surface area contributed by atoms with Crippen LogP contribution in [0.2, 0.25) is 0 Å². The Morgan fingerprint density at radius 1 is 1.17 bits per heavy atom. The fourth-order valence-electron chi connectivity index (χ4n) is 2.35. The van der Waals surface area contributed by atoms with Gasteiger partial charge < -0.3 is 16.0 Å². The van der Waals surface area contributed by atoms with Gasteiger partial charge in [0.15, 0.2) is 0 Å². The maximum atomic E-state index is 11.8. The van der Waals surface area contributed by atoms with Crippen LogP contribution in [0.5, 0.6) is 0 Å². The molecule has 3 rings (SSSR count). The number of amides is 1. The van der Waals surface area contributed by atoms with E-state index in [1.165, 1.54) is 18.5 Å². The third-order valence-electron chi connectivity index (χ3n) is 3.84. The van der Waals surface area contributed by atoms with Gasteiger partial charge in [0, 0.05) is 24.5 Å². The van der Waals surface area contributed by atoms with Crippen molar-refractivity contribution in [3.63, 3.8) is 0 Å². The van der Waals surface area contributed by atoms with E-state index in [2.05, 4.69) is 22.3 Å². The van der Waals surface area contributed by atoms with Crippen LogP contribution in [0.15, 0.2) is 24.3 Å². The Bertz CT molecular complexity index is 445. The number of nitrogens with one attached hydrogen (secondary N) is 1. The van der Waals surface area contributed by atoms with E-state index in [9.17, 15) is 4.79 Å². The molecule has 1 heterocycles. The molecule has 1 aromatic rings. The van der Waals surface area contributed by atoms with E-state index in [-0.39, 0.29) is 5.91 Å². The summed E-state index contributed by atoms with van der Waals surface area (Å²) in [6, 6.07) is 8.04. The molecule has 3 N–H and O–H groups in total. The third kappa shape index (κ3) is 2.20. The summed E-state index contributed by atoms with van der Waals surface area (Å²) < 4.78 is 0. The minimum absolute atomic E-state index is 0.0589. The van der Waals surface area contributed by atoms with Crippen LogP contribution in [0.4, 0.5) is 11.4 Å². The third-order valence-corrected chi connectivity index (χ3v) is 3.84. The van der Waals surface area contributed by atoms with Gasteiger partial charge >= 0.3 is 0 Å². The van der Waals surface area contributed by atoms with Crippen LogP contribution < -0.4 is 16.0 Å². The number of nitrogens with zero attached hydrogens (tertiary/aromatic N) is 1. The summed E-state index contributed by atoms with van der Waals surface area (Å²) in [4.78, 5) is 14.2. The molecule has 0 bridgehead atoms. The summed E-state index contributed by atoms with van der Waals surface area (Å²) in [7, 11) is 0. The molecule has 0 unspecified atom stereocenters. The quantitative estimate of drug-likeness (QED) is 0.852. The minimum atomic E-state index is -0.604. The first-order valence-corrected chi connectivity index (χ1v) is 6.63. The van der Waals surface area contributed by atoms with Crippen molar-refractivity contribution in [3.8, 4) is 0 Å². The van der Waals surface area contributed by atoms with Gasteiger partial charge in [0.05, 0.1) is 5.54 Å². The molecule has 1 aliphatic carbocycles. The number of hydrogen-bond acceptors (Lipinski definition) is 3. The molecular formula is C14H19N3O. The van der Waals surface area contributed by atoms with E-state index >= 15 is 0 Å². The molecular weight excluding hydrogens is 226 g/mol. The Morgan fingerprint density at radius 3 is 2.33 bits per heavy atom. The molecule has 1 amide bonds. The first-order chi connectivity index (χ1) is 8.67. The minimum Gasteiger partial charge on any atom is -0.372 e. The molecule has 4 nitrogen and oxygen atoms in total. The van der Waals surface area contributed by atoms with E-state index < -0.39 is 5.54 Å². The largest absolute Gasteiger partial charge is 0.372 e. The van der Waals surface area contributed by atoms with Gasteiger partial charge in [-0.05, 0) is 49.9 Å². The van der Waals surface area contributed by atoms with Crippen LogP contribution in [0, 0.1) is 0 Å². The van der Waals surface area contributed by atoms with Crippen molar-refractivity contribution in [2.75, 3.05) is 23.3 Å². The summed E-state index contributed by atoms with van der Waals surface area (Å²) in [6.07, 6.45) is 4.14. The van der Waals surface area contributed by atoms with E-state index in [4.69, 9.17) is 5.73 Å². The van der Waals surface area contributed by atoms with Crippen molar-refractivity contribution in [1.29, 1.82) is 0 Å². The molecule has 0 aromatic heterocycles. The second-order valence-corrected chi connectivity index (χ2v) is 5.35. The van der Waals surface area contributed by atoms with Crippen LogP contribution in [0.1, 0.15) is 25.7 Å². The average molecular weight is 245 g/mol. The molecule has 1 aliphatic heterocycles. The average Bonchev–Trinajstić information content (AvgIpc) is 2.94. The van der Waals surface area contributed by atoms with Gasteiger partial charge in [0.25, 0.3) is 0 Å². The summed E-state index contributed by atoms with van der Waals surface area (Å²) in [5, 5.41) is 2.88. The monoisotopic (exact) mass is 245 g/mol. The number of anilines is 2. The number of rotatable bonds is 3. The first-order valence-electron chi connectivity index (χ1n) is 6.63. The SMILES string of the molecule is NC1(C(=O)Nc2ccc(N3CCCC3)cc2)CC1. The van der Waals surface area contributed by atoms with Gasteiger partial charge in [-0.25, -0.2) is 0 Å². The van der Waals surface area contributed by atoms with Gasteiger partial charge in [0.2, 0.25) is 5.91 Å². The molecule has 96 valence electrons. The Balaban J connectivity index is 1.65. The molecule has 1 aromatic carbocycles. The number of carbonyl (C=O) groups excluding carboxylic acids is 1. The predicted octanol–water partition coefficient (Wildman–Crippen LogP) is 1.72. The Morgan fingerprint density at radius 2 is 1.78 bits per heavy atom. The number of carbonyl (C=O) groups is 1. The highest BCUT2D eigenvalue weighted by Crippen LogP contribution is 2.33. The van der Waals surface area contributed by atoms with Gasteiger partial charge in [0.1, 0.15) is 0 Å². The van der Waals surface area contributed by atoms with E-state index in [1.807, 2.05) is 12.1 Å². The van der Waals surface area contributed by atoms with E-state index in [1.54, 1.807) is 0 Å². The molecule has 1 saturated carbocycles. The number of nitrogens with two attached hydrogens (primary N) is 1. The van der Waals surface area contributed by atoms with Gasteiger partial charge in [-0.15, -0.1) is 0 Å². The summed E-state index contributed by atoms with van der Waals surface area (Å²) in [5.41, 5.74) is 7.31. The van der Waals surface area contributed by atoms with Crippen LogP contribution in [0.3, 0.4) is 0 Å². The van der Waals surface area contributed by atoms with Crippen molar-refractivity contribution >= 4 is 17.3 Å². The predicted molar refractivity (Wildman–Crippen MR) is 72.7 cm³/mol. The summed E-state index contributed by atoms with van der Waals surface area (Å²) in [6.45, 7) is 2.27. The Kier molecular flexibility index (Phi) is 2.74. The van der Waals surface area contributed by atoms with E-state index in [0.717, 1.165) is 31.6 Å². The van der Waals surface area contributed by atoms with Crippen molar-refractivity contribution in [2.24, 2.45) is 5.73 Å². The highest BCUT2D eigenvalue weighted by atomic mass is 16.2. The highest BCUT2D eigenvalue weighted by Gasteiger charge is 2.45. The molecule has 2 fully saturated rings. The highest BCUT2D eigenvalue weighted by molar-refractivity contribution is 6.00. The lowest BCUT2D eigenvalue weighted by Gasteiger charge is -2.18. The number of benzene rings is 1. The molecule has 0 spiro atoms. The second-order valence-electron chi connectivity index (χ2n) is 5.35. The van der Waals surface area contributed by atoms with Gasteiger partial charge in [-0.2, -0.15) is 0 Å². The second kappa shape index (κ2) is 4.28. The maximum absolute atomic E-state index is 11.8. The van der Waals surface area contributed by atoms with E-state index in [0.29, 0.717) is 0 Å². The summed E-state index contributed by atoms with van der Waals surface area (Å²) in [5.74, 6) is -0.0589. The molecule has 0 atom stereocenters. The van der Waals surface area contributed by atoms with Crippen LogP contribution in [-0.2, 0) is 4.79 Å². The lowest BCUT2D eigenvalue weighted by molar-refractivity contribution is -0.118. The molecule has 4 heteroatoms. The van der Waals surface area contributed by atoms with Crippen molar-refractivity contribution in [1.82, 2.24) is 0 Å². The van der Waals surface area contributed by atoms with Gasteiger partial charge in [-0.3, -0.25) is 4.79 Å². The van der Waals surface area contributed by atoms with Crippen molar-refractivity contribution < 1.29 is 4.79 Å². The normalized spacial score (nSPS) is 20.8. The fraction of sp³-hybridized carbons (Fsp3) is 0.500. The zero-order chi connectivity index (χ0) is 12.6. The summed E-state index contributed by atoms with van der Waals surface area (Å²) >= 11 is 0. The van der Waals surface area contributed by atoms with Crippen molar-refractivity contribution in [3.05, 3.63) is 24.3 Å². The lowest BCUT2D eigenvalue weighted by atomic mass is 10.2. The molecule has 2 aliphatic rings. The van der Waals surface area contributed by atoms with Gasteiger partial charge in [-0.1, -0.05) is 0 Å². The molecule has 0 radical (unpaired) electrons. The first kappa shape index (κ1) is 11.5. The smallest absolute Gasteiger partial charge is 0.244 e. The zero-order valence-electron chi connectivity index (χ0n) is 10.5. The van der Waals surface area contributed by atoms with Crippen LogP contribution in [-0.4, -0.2) is 24.5 Å². The Labute approximate surface area is 107 Å². The molecule has 18 heavy (non-hydrogen) atoms. The zero-order valence-corrected chi connectivity index (χ0v) is 10.5. The van der Waals surface area contributed by atoms with Crippen LogP contribution >= 0.6 is 0 Å². The standard InChI is InChI=1S/C14H19N3O/c15-14(7-8-14)13(18)16-11-3-5-12(6-4-11)17-9-1-2-10-17/h3-6H,1-2,7-10,15H2,(H,16,18). The van der Waals surface area contributed by atoms with Crippen LogP contribution in [0.25, 0.3) is 0 Å². The van der Waals surface area contributed by atoms with Crippen molar-refractivity contribution in [2.45, 2.75) is 31.2 Å². The molecule has 1 saturated heterocycles. The fourth-order valence-corrected chi connectivity index (χ4v) is 2.35. The maximum Gasteiger partial charge on any atom is 0.244 e. The number of hydrogen-bond donors (Lipinski definition) is 2.